The summed E-state index contributed by atoms with van der Waals surface area (Å²) in [5, 5.41) is 16.1. The van der Waals surface area contributed by atoms with Gasteiger partial charge in [0.05, 0.1) is 24.4 Å². The first kappa shape index (κ1) is 22.7. The molecule has 3 aromatic rings. The molecule has 0 unspecified atom stereocenters. The van der Waals surface area contributed by atoms with E-state index >= 15 is 0 Å². The number of aromatic amines is 1. The lowest BCUT2D eigenvalue weighted by atomic mass is 9.82. The van der Waals surface area contributed by atoms with Gasteiger partial charge in [-0.05, 0) is 25.7 Å². The van der Waals surface area contributed by atoms with Crippen molar-refractivity contribution in [3.63, 3.8) is 0 Å². The summed E-state index contributed by atoms with van der Waals surface area (Å²) < 4.78 is 7.58. The Morgan fingerprint density at radius 1 is 1.06 bits per heavy atom. The number of aromatic nitrogens is 4. The van der Waals surface area contributed by atoms with Crippen molar-refractivity contribution in [1.82, 2.24) is 24.9 Å². The molecule has 1 aromatic carbocycles. The maximum absolute atomic E-state index is 13.5. The van der Waals surface area contributed by atoms with Crippen LogP contribution in [0.1, 0.15) is 63.5 Å². The Hall–Kier alpha value is -3.04. The number of amides is 1. The zero-order valence-corrected chi connectivity index (χ0v) is 19.3. The number of hydrogen-bond acceptors (Lipinski definition) is 6. The van der Waals surface area contributed by atoms with Gasteiger partial charge < -0.3 is 15.2 Å². The van der Waals surface area contributed by atoms with Gasteiger partial charge in [-0.15, -0.1) is 0 Å². The van der Waals surface area contributed by atoms with Crippen LogP contribution < -0.4 is 10.9 Å². The van der Waals surface area contributed by atoms with E-state index in [-0.39, 0.29) is 30.5 Å². The van der Waals surface area contributed by atoms with E-state index < -0.39 is 11.1 Å². The zero-order chi connectivity index (χ0) is 23.6. The molecule has 180 valence electrons. The Labute approximate surface area is 197 Å². The van der Waals surface area contributed by atoms with Crippen molar-refractivity contribution in [2.24, 2.45) is 0 Å². The number of fused-ring (bicyclic) bond motifs is 1. The second-order valence-corrected chi connectivity index (χ2v) is 9.60. The predicted molar refractivity (Wildman–Crippen MR) is 126 cm³/mol. The molecule has 0 atom stereocenters. The van der Waals surface area contributed by atoms with Crippen LogP contribution in [-0.4, -0.2) is 48.3 Å². The van der Waals surface area contributed by atoms with Crippen LogP contribution in [0, 0.1) is 0 Å². The van der Waals surface area contributed by atoms with Crippen LogP contribution in [0.5, 0.6) is 0 Å². The number of aliphatic hydroxyl groups excluding tert-OH is 1. The van der Waals surface area contributed by atoms with E-state index in [0.29, 0.717) is 24.4 Å². The highest BCUT2D eigenvalue weighted by Gasteiger charge is 2.45. The third kappa shape index (κ3) is 4.37. The second-order valence-electron chi connectivity index (χ2n) is 9.60. The van der Waals surface area contributed by atoms with Crippen molar-refractivity contribution in [3.8, 4) is 11.4 Å². The number of ether oxygens (including phenoxy) is 1. The minimum absolute atomic E-state index is 0.0405. The van der Waals surface area contributed by atoms with Gasteiger partial charge in [0.1, 0.15) is 5.60 Å². The van der Waals surface area contributed by atoms with Crippen LogP contribution in [0.15, 0.2) is 41.2 Å². The standard InChI is InChI=1S/C25H31N5O4/c31-17-24(11-7-8-12-24)28-22(33)25(13-5-2-6-14-25)34-16-19-15-20(32)30-23(26-19)27-21(29-30)18-9-3-1-4-10-18/h1,3-4,9-10,15,31H,2,5-8,11-14,16-17H2,(H,28,33)(H,26,27,29). The molecule has 9 nitrogen and oxygen atoms in total. The van der Waals surface area contributed by atoms with Crippen LogP contribution in [0.2, 0.25) is 0 Å². The predicted octanol–water partition coefficient (Wildman–Crippen LogP) is 2.73. The second kappa shape index (κ2) is 9.31. The number of H-pyrrole nitrogens is 1. The van der Waals surface area contributed by atoms with Crippen LogP contribution in [0.4, 0.5) is 0 Å². The molecule has 34 heavy (non-hydrogen) atoms. The maximum atomic E-state index is 13.5. The van der Waals surface area contributed by atoms with Crippen molar-refractivity contribution in [1.29, 1.82) is 0 Å². The van der Waals surface area contributed by atoms with E-state index in [1.54, 1.807) is 0 Å². The number of carbonyl (C=O) groups excluding carboxylic acids is 1. The third-order valence-electron chi connectivity index (χ3n) is 7.24. The molecule has 3 N–H and O–H groups in total. The van der Waals surface area contributed by atoms with E-state index in [2.05, 4.69) is 20.4 Å². The van der Waals surface area contributed by atoms with E-state index in [0.717, 1.165) is 50.5 Å². The summed E-state index contributed by atoms with van der Waals surface area (Å²) in [5.74, 6) is 0.654. The monoisotopic (exact) mass is 465 g/mol. The van der Waals surface area contributed by atoms with Gasteiger partial charge >= 0.3 is 0 Å². The van der Waals surface area contributed by atoms with E-state index in [1.165, 1.54) is 10.6 Å². The number of nitrogens with one attached hydrogen (secondary N) is 2. The fourth-order valence-electron chi connectivity index (χ4n) is 5.23. The molecule has 0 bridgehead atoms. The number of hydrogen-bond donors (Lipinski definition) is 3. The lowest BCUT2D eigenvalue weighted by Crippen LogP contribution is -2.58. The highest BCUT2D eigenvalue weighted by Crippen LogP contribution is 2.35. The number of rotatable bonds is 7. The molecule has 1 amide bonds. The molecule has 2 aliphatic rings. The summed E-state index contributed by atoms with van der Waals surface area (Å²) in [6.45, 7) is -0.0223. The number of nitrogens with zero attached hydrogens (tertiary/aromatic N) is 3. The van der Waals surface area contributed by atoms with E-state index in [9.17, 15) is 14.7 Å². The summed E-state index contributed by atoms with van der Waals surface area (Å²) in [7, 11) is 0. The Morgan fingerprint density at radius 2 is 1.76 bits per heavy atom. The van der Waals surface area contributed by atoms with Gasteiger partial charge in [-0.2, -0.15) is 9.50 Å². The highest BCUT2D eigenvalue weighted by atomic mass is 16.5. The van der Waals surface area contributed by atoms with Crippen molar-refractivity contribution < 1.29 is 14.6 Å². The molecule has 0 aliphatic heterocycles. The normalized spacial score (nSPS) is 19.3. The summed E-state index contributed by atoms with van der Waals surface area (Å²) in [5.41, 5.74) is -0.523. The minimum Gasteiger partial charge on any atom is -0.394 e. The first-order valence-electron chi connectivity index (χ1n) is 12.1. The average molecular weight is 466 g/mol. The molecule has 2 aromatic heterocycles. The Balaban J connectivity index is 1.37. The molecule has 2 heterocycles. The molecule has 9 heteroatoms. The smallest absolute Gasteiger partial charge is 0.274 e. The van der Waals surface area contributed by atoms with Crippen LogP contribution in [0.25, 0.3) is 17.2 Å². The molecular weight excluding hydrogens is 434 g/mol. The number of aliphatic hydroxyl groups is 1. The first-order valence-corrected chi connectivity index (χ1v) is 12.1. The average Bonchev–Trinajstić information content (AvgIpc) is 3.52. The topological polar surface area (TPSA) is 122 Å². The van der Waals surface area contributed by atoms with Crippen molar-refractivity contribution in [2.45, 2.75) is 75.5 Å². The van der Waals surface area contributed by atoms with Crippen LogP contribution >= 0.6 is 0 Å². The summed E-state index contributed by atoms with van der Waals surface area (Å²) in [4.78, 5) is 35.1. The van der Waals surface area contributed by atoms with Gasteiger partial charge in [-0.3, -0.25) is 14.7 Å². The Bertz CT molecular complexity index is 1210. The first-order chi connectivity index (χ1) is 16.5. The molecule has 0 saturated heterocycles. The van der Waals surface area contributed by atoms with Gasteiger partial charge in [0.15, 0.2) is 5.82 Å². The molecule has 0 radical (unpaired) electrons. The fraction of sp³-hybridized carbons (Fsp3) is 0.520. The van der Waals surface area contributed by atoms with Gasteiger partial charge in [0.25, 0.3) is 17.2 Å². The highest BCUT2D eigenvalue weighted by molar-refractivity contribution is 5.86. The molecule has 2 aliphatic carbocycles. The molecule has 5 rings (SSSR count). The Morgan fingerprint density at radius 3 is 2.47 bits per heavy atom. The lowest BCUT2D eigenvalue weighted by molar-refractivity contribution is -0.157. The largest absolute Gasteiger partial charge is 0.394 e. The summed E-state index contributed by atoms with van der Waals surface area (Å²) >= 11 is 0. The van der Waals surface area contributed by atoms with E-state index in [1.807, 2.05) is 30.3 Å². The Kier molecular flexibility index (Phi) is 6.22. The fourth-order valence-corrected chi connectivity index (χ4v) is 5.23. The van der Waals surface area contributed by atoms with Gasteiger partial charge in [-0.25, -0.2) is 4.98 Å². The van der Waals surface area contributed by atoms with Crippen LogP contribution in [-0.2, 0) is 16.1 Å². The zero-order valence-electron chi connectivity index (χ0n) is 19.3. The number of benzene rings is 1. The maximum Gasteiger partial charge on any atom is 0.274 e. The summed E-state index contributed by atoms with van der Waals surface area (Å²) in [6.07, 6.45) is 7.64. The lowest BCUT2D eigenvalue weighted by Gasteiger charge is -2.39. The quantitative estimate of drug-likeness (QED) is 0.493. The minimum atomic E-state index is -0.976. The molecular formula is C25H31N5O4. The van der Waals surface area contributed by atoms with Gasteiger partial charge in [0.2, 0.25) is 0 Å². The van der Waals surface area contributed by atoms with Crippen molar-refractivity contribution in [3.05, 3.63) is 52.4 Å². The van der Waals surface area contributed by atoms with Crippen LogP contribution in [0.3, 0.4) is 0 Å². The summed E-state index contributed by atoms with van der Waals surface area (Å²) in [6, 6.07) is 10.9. The van der Waals surface area contributed by atoms with Gasteiger partial charge in [0, 0.05) is 11.6 Å². The van der Waals surface area contributed by atoms with Crippen molar-refractivity contribution >= 4 is 11.7 Å². The molecule has 2 saturated carbocycles. The number of carbonyl (C=O) groups is 1. The SMILES string of the molecule is O=C(NC1(CO)CCCC1)C1(OCc2cc(=O)n3[nH]c(-c4ccccc4)nc3n2)CCCCC1. The van der Waals surface area contributed by atoms with E-state index in [4.69, 9.17) is 4.74 Å². The van der Waals surface area contributed by atoms with Crippen molar-refractivity contribution in [2.75, 3.05) is 6.61 Å². The van der Waals surface area contributed by atoms with Gasteiger partial charge in [-0.1, -0.05) is 62.4 Å². The molecule has 0 spiro atoms. The molecule has 2 fully saturated rings. The third-order valence-corrected chi connectivity index (χ3v) is 7.24.